The highest BCUT2D eigenvalue weighted by atomic mass is 32.2. The molecule has 2 atom stereocenters. The van der Waals surface area contributed by atoms with Crippen molar-refractivity contribution in [3.63, 3.8) is 0 Å². The Labute approximate surface area is 157 Å². The summed E-state index contributed by atoms with van der Waals surface area (Å²) in [6, 6.07) is 19.0. The molecule has 1 fully saturated rings. The second-order valence-corrected chi connectivity index (χ2v) is 7.62. The van der Waals surface area contributed by atoms with Crippen molar-refractivity contribution in [3.8, 4) is 0 Å². The smallest absolute Gasteiger partial charge is 0.210 e. The molecule has 6 heteroatoms. The number of thioether (sulfide) groups is 1. The lowest BCUT2D eigenvalue weighted by molar-refractivity contribution is 0.0911. The highest BCUT2D eigenvalue weighted by molar-refractivity contribution is 7.99. The number of hydrogen-bond donors (Lipinski definition) is 0. The first kappa shape index (κ1) is 17.2. The summed E-state index contributed by atoms with van der Waals surface area (Å²) in [5.41, 5.74) is 3.81. The quantitative estimate of drug-likeness (QED) is 0.616. The summed E-state index contributed by atoms with van der Waals surface area (Å²) >= 11 is 1.70. The minimum atomic E-state index is 0.145. The van der Waals surface area contributed by atoms with Crippen molar-refractivity contribution in [2.75, 3.05) is 6.61 Å². The third kappa shape index (κ3) is 3.81. The molecule has 1 aliphatic heterocycles. The molecule has 0 saturated carbocycles. The van der Waals surface area contributed by atoms with Gasteiger partial charge in [-0.05, 0) is 46.9 Å². The van der Waals surface area contributed by atoms with E-state index in [-0.39, 0.29) is 11.4 Å². The molecule has 4 rings (SSSR count). The molecule has 0 bridgehead atoms. The number of benzene rings is 2. The first-order valence-electron chi connectivity index (χ1n) is 8.96. The van der Waals surface area contributed by atoms with E-state index in [9.17, 15) is 0 Å². The zero-order valence-corrected chi connectivity index (χ0v) is 15.6. The van der Waals surface area contributed by atoms with Gasteiger partial charge in [0.15, 0.2) is 0 Å². The minimum absolute atomic E-state index is 0.145. The van der Waals surface area contributed by atoms with Gasteiger partial charge in [0.1, 0.15) is 0 Å². The fourth-order valence-electron chi connectivity index (χ4n) is 3.30. The van der Waals surface area contributed by atoms with Crippen LogP contribution in [0.4, 0.5) is 0 Å². The molecule has 1 saturated heterocycles. The van der Waals surface area contributed by atoms with Crippen LogP contribution in [0.25, 0.3) is 0 Å². The summed E-state index contributed by atoms with van der Waals surface area (Å²) in [6.07, 6.45) is 2.40. The Morgan fingerprint density at radius 2 is 1.96 bits per heavy atom. The molecule has 1 aliphatic rings. The Kier molecular flexibility index (Phi) is 5.32. The van der Waals surface area contributed by atoms with Gasteiger partial charge in [0.05, 0.1) is 17.9 Å². The van der Waals surface area contributed by atoms with E-state index >= 15 is 0 Å². The topological polar surface area (TPSA) is 52.8 Å². The molecule has 0 aliphatic carbocycles. The Balaban J connectivity index is 1.64. The van der Waals surface area contributed by atoms with Crippen LogP contribution < -0.4 is 0 Å². The number of ether oxygens (including phenoxy) is 1. The summed E-state index contributed by atoms with van der Waals surface area (Å²) in [6.45, 7) is 3.71. The summed E-state index contributed by atoms with van der Waals surface area (Å²) in [4.78, 5) is 0. The summed E-state index contributed by atoms with van der Waals surface area (Å²) in [7, 11) is 0. The van der Waals surface area contributed by atoms with Gasteiger partial charge in [-0.2, -0.15) is 0 Å². The number of hydrogen-bond acceptors (Lipinski definition) is 5. The van der Waals surface area contributed by atoms with Crippen molar-refractivity contribution in [1.29, 1.82) is 0 Å². The summed E-state index contributed by atoms with van der Waals surface area (Å²) in [5, 5.41) is 13.4. The Morgan fingerprint density at radius 1 is 1.15 bits per heavy atom. The SMILES string of the molecule is Cc1ccccc1C(Sc1nnnn1CC1CCCO1)c1ccccc1. The van der Waals surface area contributed by atoms with Gasteiger partial charge in [0.2, 0.25) is 5.16 Å². The molecular weight excluding hydrogens is 344 g/mol. The number of aryl methyl sites for hydroxylation is 1. The van der Waals surface area contributed by atoms with Gasteiger partial charge in [-0.25, -0.2) is 4.68 Å². The van der Waals surface area contributed by atoms with Gasteiger partial charge in [0, 0.05) is 6.61 Å². The average Bonchev–Trinajstić information content (AvgIpc) is 3.34. The number of rotatable bonds is 6. The molecule has 0 spiro atoms. The fraction of sp³-hybridized carbons (Fsp3) is 0.350. The van der Waals surface area contributed by atoms with E-state index in [4.69, 9.17) is 4.74 Å². The van der Waals surface area contributed by atoms with E-state index in [1.807, 2.05) is 10.7 Å². The molecule has 0 N–H and O–H groups in total. The zero-order chi connectivity index (χ0) is 17.8. The number of nitrogens with zero attached hydrogens (tertiary/aromatic N) is 4. The maximum atomic E-state index is 5.75. The van der Waals surface area contributed by atoms with E-state index in [0.29, 0.717) is 6.54 Å². The zero-order valence-electron chi connectivity index (χ0n) is 14.8. The van der Waals surface area contributed by atoms with Crippen LogP contribution in [0.3, 0.4) is 0 Å². The second-order valence-electron chi connectivity index (χ2n) is 6.54. The molecule has 2 unspecified atom stereocenters. The van der Waals surface area contributed by atoms with Crippen LogP contribution in [0.15, 0.2) is 59.8 Å². The predicted molar refractivity (Wildman–Crippen MR) is 102 cm³/mol. The van der Waals surface area contributed by atoms with E-state index in [2.05, 4.69) is 71.0 Å². The molecule has 26 heavy (non-hydrogen) atoms. The summed E-state index contributed by atoms with van der Waals surface area (Å²) < 4.78 is 7.63. The average molecular weight is 366 g/mol. The minimum Gasteiger partial charge on any atom is -0.376 e. The van der Waals surface area contributed by atoms with Crippen molar-refractivity contribution in [2.45, 2.75) is 42.8 Å². The highest BCUT2D eigenvalue weighted by Crippen LogP contribution is 2.40. The second kappa shape index (κ2) is 8.01. The lowest BCUT2D eigenvalue weighted by atomic mass is 10.0. The van der Waals surface area contributed by atoms with Gasteiger partial charge < -0.3 is 4.74 Å². The van der Waals surface area contributed by atoms with Crippen LogP contribution in [-0.4, -0.2) is 32.9 Å². The van der Waals surface area contributed by atoms with Crippen LogP contribution >= 0.6 is 11.8 Å². The third-order valence-corrected chi connectivity index (χ3v) is 5.96. The Morgan fingerprint density at radius 3 is 2.73 bits per heavy atom. The normalized spacial score (nSPS) is 18.1. The highest BCUT2D eigenvalue weighted by Gasteiger charge is 2.23. The van der Waals surface area contributed by atoms with Gasteiger partial charge in [0.25, 0.3) is 0 Å². The summed E-state index contributed by atoms with van der Waals surface area (Å²) in [5.74, 6) is 0. The predicted octanol–water partition coefficient (Wildman–Crippen LogP) is 4.04. The monoisotopic (exact) mass is 366 g/mol. The molecule has 0 radical (unpaired) electrons. The van der Waals surface area contributed by atoms with Crippen LogP contribution in [0, 0.1) is 6.92 Å². The van der Waals surface area contributed by atoms with Crippen LogP contribution in [0.2, 0.25) is 0 Å². The first-order valence-corrected chi connectivity index (χ1v) is 9.84. The van der Waals surface area contributed by atoms with E-state index < -0.39 is 0 Å². The maximum Gasteiger partial charge on any atom is 0.210 e. The molecule has 0 amide bonds. The standard InChI is InChI=1S/C20H22N4OS/c1-15-8-5-6-12-18(15)19(16-9-3-2-4-10-16)26-20-21-22-23-24(20)14-17-11-7-13-25-17/h2-6,8-10,12,17,19H,7,11,13-14H2,1H3. The lowest BCUT2D eigenvalue weighted by Crippen LogP contribution is -2.17. The van der Waals surface area contributed by atoms with Gasteiger partial charge in [-0.1, -0.05) is 66.4 Å². The fourth-order valence-corrected chi connectivity index (χ4v) is 4.51. The van der Waals surface area contributed by atoms with Crippen LogP contribution in [0.1, 0.15) is 34.8 Å². The van der Waals surface area contributed by atoms with Crippen LogP contribution in [-0.2, 0) is 11.3 Å². The van der Waals surface area contributed by atoms with E-state index in [1.54, 1.807) is 11.8 Å². The van der Waals surface area contributed by atoms with E-state index in [0.717, 1.165) is 24.6 Å². The van der Waals surface area contributed by atoms with Crippen molar-refractivity contribution in [3.05, 3.63) is 71.3 Å². The van der Waals surface area contributed by atoms with Crippen molar-refractivity contribution in [1.82, 2.24) is 20.2 Å². The molecular formula is C20H22N4OS. The van der Waals surface area contributed by atoms with Gasteiger partial charge in [-0.15, -0.1) is 5.10 Å². The molecule has 2 heterocycles. The first-order chi connectivity index (χ1) is 12.8. The molecule has 1 aromatic heterocycles. The van der Waals surface area contributed by atoms with Gasteiger partial charge >= 0.3 is 0 Å². The van der Waals surface area contributed by atoms with Crippen molar-refractivity contribution >= 4 is 11.8 Å². The molecule has 134 valence electrons. The molecule has 3 aromatic rings. The van der Waals surface area contributed by atoms with Crippen molar-refractivity contribution < 1.29 is 4.74 Å². The van der Waals surface area contributed by atoms with Crippen LogP contribution in [0.5, 0.6) is 0 Å². The molecule has 2 aromatic carbocycles. The van der Waals surface area contributed by atoms with E-state index in [1.165, 1.54) is 16.7 Å². The number of aromatic nitrogens is 4. The molecule has 5 nitrogen and oxygen atoms in total. The Bertz CT molecular complexity index is 846. The van der Waals surface area contributed by atoms with Crippen molar-refractivity contribution in [2.24, 2.45) is 0 Å². The lowest BCUT2D eigenvalue weighted by Gasteiger charge is -2.19. The Hall–Kier alpha value is -2.18. The maximum absolute atomic E-state index is 5.75. The number of tetrazole rings is 1. The largest absolute Gasteiger partial charge is 0.376 e. The van der Waals surface area contributed by atoms with Gasteiger partial charge in [-0.3, -0.25) is 0 Å². The third-order valence-electron chi connectivity index (χ3n) is 4.70.